The van der Waals surface area contributed by atoms with Crippen molar-refractivity contribution in [1.29, 1.82) is 0 Å². The van der Waals surface area contributed by atoms with Gasteiger partial charge in [0.15, 0.2) is 0 Å². The molecule has 1 aromatic heterocycles. The lowest BCUT2D eigenvalue weighted by atomic mass is 9.49. The lowest BCUT2D eigenvalue weighted by Gasteiger charge is -2.55. The highest BCUT2D eigenvalue weighted by Crippen LogP contribution is 2.60. The fourth-order valence-corrected chi connectivity index (χ4v) is 6.90. The average Bonchev–Trinajstić information content (AvgIpc) is 2.80. The topological polar surface area (TPSA) is 71.1 Å². The van der Waals surface area contributed by atoms with Crippen LogP contribution in [0.5, 0.6) is 0 Å². The molecule has 2 aromatic rings. The van der Waals surface area contributed by atoms with Crippen molar-refractivity contribution in [1.82, 2.24) is 15.6 Å². The molecule has 0 aliphatic heterocycles. The van der Waals surface area contributed by atoms with Crippen molar-refractivity contribution < 1.29 is 9.59 Å². The van der Waals surface area contributed by atoms with Crippen LogP contribution in [0.1, 0.15) is 67.8 Å². The van der Waals surface area contributed by atoms with E-state index in [-0.39, 0.29) is 29.7 Å². The molecule has 0 saturated heterocycles. The summed E-state index contributed by atoms with van der Waals surface area (Å²) < 4.78 is 0. The van der Waals surface area contributed by atoms with Crippen LogP contribution in [0.3, 0.4) is 0 Å². The first-order valence-electron chi connectivity index (χ1n) is 12.5. The number of hydrogen-bond acceptors (Lipinski definition) is 3. The molecule has 1 unspecified atom stereocenters. The van der Waals surface area contributed by atoms with Crippen molar-refractivity contribution in [2.75, 3.05) is 6.54 Å². The second-order valence-electron chi connectivity index (χ2n) is 10.8. The third kappa shape index (κ3) is 4.97. The lowest BCUT2D eigenvalue weighted by molar-refractivity contribution is -0.146. The first kappa shape index (κ1) is 22.1. The molecule has 4 fully saturated rings. The maximum atomic E-state index is 13.1. The predicted octanol–water partition coefficient (Wildman–Crippen LogP) is 4.51. The Hall–Kier alpha value is -2.69. The smallest absolute Gasteiger partial charge is 0.226 e. The molecule has 4 bridgehead atoms. The largest absolute Gasteiger partial charge is 0.355 e. The summed E-state index contributed by atoms with van der Waals surface area (Å²) in [5, 5.41) is 6.28. The van der Waals surface area contributed by atoms with Gasteiger partial charge in [0, 0.05) is 24.6 Å². The number of benzene rings is 1. The van der Waals surface area contributed by atoms with E-state index in [1.165, 1.54) is 24.8 Å². The summed E-state index contributed by atoms with van der Waals surface area (Å²) in [5.41, 5.74) is 3.07. The van der Waals surface area contributed by atoms with Crippen molar-refractivity contribution >= 4 is 11.8 Å². The predicted molar refractivity (Wildman–Crippen MR) is 128 cm³/mol. The summed E-state index contributed by atoms with van der Waals surface area (Å²) in [6, 6.07) is 14.0. The van der Waals surface area contributed by atoms with E-state index in [0.717, 1.165) is 48.3 Å². The number of carbonyl (C=O) groups is 2. The van der Waals surface area contributed by atoms with E-state index in [1.807, 2.05) is 18.2 Å². The summed E-state index contributed by atoms with van der Waals surface area (Å²) in [6.45, 7) is 2.46. The maximum Gasteiger partial charge on any atom is 0.226 e. The van der Waals surface area contributed by atoms with E-state index < -0.39 is 0 Å². The molecule has 2 amide bonds. The number of pyridine rings is 1. The zero-order valence-electron chi connectivity index (χ0n) is 19.6. The fraction of sp³-hybridized carbons (Fsp3) is 0.536. The van der Waals surface area contributed by atoms with Gasteiger partial charge in [-0.1, -0.05) is 35.9 Å². The van der Waals surface area contributed by atoms with Crippen LogP contribution in [-0.4, -0.2) is 23.3 Å². The van der Waals surface area contributed by atoms with E-state index in [9.17, 15) is 9.59 Å². The minimum atomic E-state index is -0.194. The molecule has 1 atom stereocenters. The van der Waals surface area contributed by atoms with Gasteiger partial charge in [-0.15, -0.1) is 0 Å². The first-order chi connectivity index (χ1) is 16.0. The van der Waals surface area contributed by atoms with Gasteiger partial charge in [-0.2, -0.15) is 0 Å². The molecule has 4 saturated carbocycles. The highest BCUT2D eigenvalue weighted by molar-refractivity contribution is 5.84. The zero-order chi connectivity index (χ0) is 22.8. The Kier molecular flexibility index (Phi) is 6.22. The summed E-state index contributed by atoms with van der Waals surface area (Å²) in [5.74, 6) is 2.36. The highest BCUT2D eigenvalue weighted by atomic mass is 16.2. The molecule has 33 heavy (non-hydrogen) atoms. The minimum absolute atomic E-state index is 0.0522. The number of nitrogens with one attached hydrogen (secondary N) is 2. The Morgan fingerprint density at radius 2 is 1.67 bits per heavy atom. The second-order valence-corrected chi connectivity index (χ2v) is 10.8. The molecule has 2 N–H and O–H groups in total. The van der Waals surface area contributed by atoms with Gasteiger partial charge in [0.05, 0.1) is 11.7 Å². The molecule has 0 radical (unpaired) electrons. The molecule has 1 aromatic carbocycles. The molecular formula is C28H35N3O2. The van der Waals surface area contributed by atoms with Crippen LogP contribution in [0.15, 0.2) is 48.7 Å². The van der Waals surface area contributed by atoms with Gasteiger partial charge < -0.3 is 10.6 Å². The number of nitrogens with zero attached hydrogens (tertiary/aromatic N) is 1. The van der Waals surface area contributed by atoms with Gasteiger partial charge in [-0.3, -0.25) is 14.6 Å². The molecule has 174 valence electrons. The number of carbonyl (C=O) groups excluding carboxylic acids is 2. The normalized spacial score (nSPS) is 28.3. The number of aromatic nitrogens is 1. The van der Waals surface area contributed by atoms with E-state index >= 15 is 0 Å². The fourth-order valence-electron chi connectivity index (χ4n) is 6.90. The molecule has 0 spiro atoms. The van der Waals surface area contributed by atoms with Gasteiger partial charge in [0.1, 0.15) is 0 Å². The molecule has 1 heterocycles. The van der Waals surface area contributed by atoms with E-state index in [1.54, 1.807) is 6.20 Å². The van der Waals surface area contributed by atoms with Gasteiger partial charge in [-0.05, 0) is 87.3 Å². The SMILES string of the molecule is Cc1ccc(CC(NC(=O)CCNC(=O)C23CC4CC(CC(C4)C2)C3)c2ccccn2)cc1. The highest BCUT2D eigenvalue weighted by Gasteiger charge is 2.54. The second kappa shape index (κ2) is 9.28. The monoisotopic (exact) mass is 445 g/mol. The minimum Gasteiger partial charge on any atom is -0.355 e. The van der Waals surface area contributed by atoms with Gasteiger partial charge >= 0.3 is 0 Å². The third-order valence-corrected chi connectivity index (χ3v) is 8.10. The third-order valence-electron chi connectivity index (χ3n) is 8.10. The average molecular weight is 446 g/mol. The van der Waals surface area contributed by atoms with Crippen molar-refractivity contribution in [3.8, 4) is 0 Å². The Morgan fingerprint density at radius 1 is 1.00 bits per heavy atom. The Labute approximate surface area is 196 Å². The van der Waals surface area contributed by atoms with Gasteiger partial charge in [0.2, 0.25) is 11.8 Å². The Bertz CT molecular complexity index is 951. The van der Waals surface area contributed by atoms with Crippen molar-refractivity contribution in [3.05, 3.63) is 65.5 Å². The standard InChI is InChI=1S/C28H35N3O2/c1-19-5-7-20(8-6-19)15-25(24-4-2-3-10-29-24)31-26(32)9-11-30-27(33)28-16-21-12-22(17-28)14-23(13-21)18-28/h2-8,10,21-23,25H,9,11-18H2,1H3,(H,30,33)(H,31,32). The van der Waals surface area contributed by atoms with Crippen molar-refractivity contribution in [3.63, 3.8) is 0 Å². The van der Waals surface area contributed by atoms with E-state index in [0.29, 0.717) is 13.0 Å². The number of aryl methyl sites for hydroxylation is 1. The molecule has 4 aliphatic carbocycles. The van der Waals surface area contributed by atoms with Crippen LogP contribution in [0, 0.1) is 30.1 Å². The van der Waals surface area contributed by atoms with Crippen molar-refractivity contribution in [2.24, 2.45) is 23.2 Å². The summed E-state index contributed by atoms with van der Waals surface area (Å²) >= 11 is 0. The molecule has 5 nitrogen and oxygen atoms in total. The Morgan fingerprint density at radius 3 is 2.27 bits per heavy atom. The van der Waals surface area contributed by atoms with Crippen LogP contribution >= 0.6 is 0 Å². The first-order valence-corrected chi connectivity index (χ1v) is 12.5. The van der Waals surface area contributed by atoms with Gasteiger partial charge in [-0.25, -0.2) is 0 Å². The van der Waals surface area contributed by atoms with Crippen LogP contribution in [0.4, 0.5) is 0 Å². The van der Waals surface area contributed by atoms with Gasteiger partial charge in [0.25, 0.3) is 0 Å². The summed E-state index contributed by atoms with van der Waals surface area (Å²) in [6.07, 6.45) is 9.85. The summed E-state index contributed by atoms with van der Waals surface area (Å²) in [4.78, 5) is 30.4. The van der Waals surface area contributed by atoms with E-state index in [4.69, 9.17) is 0 Å². The van der Waals surface area contributed by atoms with Crippen molar-refractivity contribution in [2.45, 2.75) is 64.3 Å². The number of rotatable bonds is 8. The Balaban J connectivity index is 1.16. The van der Waals surface area contributed by atoms with E-state index in [2.05, 4.69) is 46.8 Å². The lowest BCUT2D eigenvalue weighted by Crippen LogP contribution is -2.53. The number of amides is 2. The van der Waals surface area contributed by atoms with Crippen LogP contribution in [-0.2, 0) is 16.0 Å². The van der Waals surface area contributed by atoms with Crippen LogP contribution < -0.4 is 10.6 Å². The molecular weight excluding hydrogens is 410 g/mol. The molecule has 4 aliphatic rings. The molecule has 6 rings (SSSR count). The van der Waals surface area contributed by atoms with Crippen LogP contribution in [0.25, 0.3) is 0 Å². The van der Waals surface area contributed by atoms with Crippen LogP contribution in [0.2, 0.25) is 0 Å². The summed E-state index contributed by atoms with van der Waals surface area (Å²) in [7, 11) is 0. The number of hydrogen-bond donors (Lipinski definition) is 2. The maximum absolute atomic E-state index is 13.1. The quantitative estimate of drug-likeness (QED) is 0.628. The molecule has 5 heteroatoms. The zero-order valence-corrected chi connectivity index (χ0v) is 19.6.